The van der Waals surface area contributed by atoms with E-state index < -0.39 is 23.5 Å². The van der Waals surface area contributed by atoms with Crippen LogP contribution in [0.4, 0.5) is 4.39 Å². The second-order valence-electron chi connectivity index (χ2n) is 6.15. The summed E-state index contributed by atoms with van der Waals surface area (Å²) < 4.78 is 31.4. The van der Waals surface area contributed by atoms with Crippen molar-refractivity contribution in [1.82, 2.24) is 0 Å². The third-order valence-electron chi connectivity index (χ3n) is 4.76. The molecule has 2 aromatic carbocycles. The zero-order valence-corrected chi connectivity index (χ0v) is 14.3. The van der Waals surface area contributed by atoms with Crippen molar-refractivity contribution < 1.29 is 23.4 Å². The van der Waals surface area contributed by atoms with E-state index >= 15 is 4.39 Å². The Labute approximate surface area is 149 Å². The lowest BCUT2D eigenvalue weighted by molar-refractivity contribution is -0.148. The van der Waals surface area contributed by atoms with Crippen LogP contribution in [-0.2, 0) is 9.53 Å². The van der Waals surface area contributed by atoms with Crippen LogP contribution in [0, 0.1) is 0 Å². The summed E-state index contributed by atoms with van der Waals surface area (Å²) in [5.74, 6) is -1.26. The number of hydrogen-bond donors (Lipinski definition) is 0. The number of carbonyl (C=O) groups excluding carboxylic acids is 1. The maximum absolute atomic E-state index is 15.6. The molecule has 0 aromatic heterocycles. The monoisotopic (exact) mass is 362 g/mol. The number of alkyl halides is 1. The van der Waals surface area contributed by atoms with Crippen LogP contribution in [0.5, 0.6) is 11.5 Å². The van der Waals surface area contributed by atoms with Gasteiger partial charge in [-0.15, -0.1) is 0 Å². The van der Waals surface area contributed by atoms with Crippen LogP contribution in [0.1, 0.15) is 23.0 Å². The van der Waals surface area contributed by atoms with E-state index in [2.05, 4.69) is 0 Å². The van der Waals surface area contributed by atoms with Gasteiger partial charge in [0.2, 0.25) is 5.67 Å². The van der Waals surface area contributed by atoms with Crippen LogP contribution >= 0.6 is 11.6 Å². The Bertz CT molecular complexity index is 826. The third kappa shape index (κ3) is 2.45. The van der Waals surface area contributed by atoms with Gasteiger partial charge in [-0.3, -0.25) is 0 Å². The predicted octanol–water partition coefficient (Wildman–Crippen LogP) is 3.87. The summed E-state index contributed by atoms with van der Waals surface area (Å²) in [6.07, 6.45) is 0. The molecule has 3 atom stereocenters. The first kappa shape index (κ1) is 16.2. The Kier molecular flexibility index (Phi) is 3.84. The maximum Gasteiger partial charge on any atom is 0.344 e. The zero-order chi connectivity index (χ0) is 17.6. The van der Waals surface area contributed by atoms with Gasteiger partial charge in [0.15, 0.2) is 11.5 Å². The topological polar surface area (TPSA) is 44.8 Å². The third-order valence-corrected chi connectivity index (χ3v) is 5.05. The minimum atomic E-state index is -2.12. The van der Waals surface area contributed by atoms with Crippen LogP contribution < -0.4 is 9.47 Å². The molecule has 1 saturated carbocycles. The number of methoxy groups -OCH3 is 1. The molecule has 2 aliphatic rings. The minimum Gasteiger partial charge on any atom is -0.486 e. The van der Waals surface area contributed by atoms with E-state index in [1.54, 1.807) is 12.1 Å². The number of ether oxygens (including phenoxy) is 3. The van der Waals surface area contributed by atoms with E-state index in [0.717, 1.165) is 5.56 Å². The predicted molar refractivity (Wildman–Crippen MR) is 90.2 cm³/mol. The Hall–Kier alpha value is -2.27. The van der Waals surface area contributed by atoms with Crippen molar-refractivity contribution in [2.24, 2.45) is 0 Å². The molecule has 130 valence electrons. The minimum absolute atomic E-state index is 0.345. The number of esters is 1. The number of rotatable bonds is 3. The molecule has 0 bridgehead atoms. The highest BCUT2D eigenvalue weighted by molar-refractivity contribution is 6.32. The molecule has 1 heterocycles. The van der Waals surface area contributed by atoms with E-state index in [1.165, 1.54) is 7.11 Å². The first-order chi connectivity index (χ1) is 12.1. The Morgan fingerprint density at radius 1 is 1.16 bits per heavy atom. The fourth-order valence-electron chi connectivity index (χ4n) is 3.61. The van der Waals surface area contributed by atoms with Crippen LogP contribution in [0.15, 0.2) is 42.5 Å². The van der Waals surface area contributed by atoms with Crippen LogP contribution in [0.2, 0.25) is 5.02 Å². The van der Waals surface area contributed by atoms with Crippen LogP contribution in [-0.4, -0.2) is 32.0 Å². The number of benzene rings is 2. The number of halogens is 2. The highest BCUT2D eigenvalue weighted by Gasteiger charge is 2.73. The average Bonchev–Trinajstić information content (AvgIpc) is 3.29. The van der Waals surface area contributed by atoms with Gasteiger partial charge in [-0.05, 0) is 23.3 Å². The summed E-state index contributed by atoms with van der Waals surface area (Å²) in [5, 5.41) is 0.345. The van der Waals surface area contributed by atoms with E-state index in [1.807, 2.05) is 30.3 Å². The molecule has 0 saturated heterocycles. The van der Waals surface area contributed by atoms with E-state index in [0.29, 0.717) is 35.3 Å². The highest BCUT2D eigenvalue weighted by Crippen LogP contribution is 2.67. The zero-order valence-electron chi connectivity index (χ0n) is 13.5. The summed E-state index contributed by atoms with van der Waals surface area (Å²) in [6.45, 7) is 0.814. The van der Waals surface area contributed by atoms with Crippen molar-refractivity contribution in [2.75, 3.05) is 20.3 Å². The molecule has 1 fully saturated rings. The van der Waals surface area contributed by atoms with Crippen molar-refractivity contribution in [2.45, 2.75) is 17.5 Å². The number of fused-ring (bicyclic) bond motifs is 1. The Morgan fingerprint density at radius 3 is 2.56 bits per heavy atom. The van der Waals surface area contributed by atoms with Gasteiger partial charge in [0.05, 0.1) is 12.1 Å². The molecular weight excluding hydrogens is 347 g/mol. The molecule has 1 aliphatic heterocycles. The quantitative estimate of drug-likeness (QED) is 0.777. The number of hydrogen-bond acceptors (Lipinski definition) is 4. The Morgan fingerprint density at radius 2 is 1.84 bits per heavy atom. The van der Waals surface area contributed by atoms with Gasteiger partial charge in [0.25, 0.3) is 0 Å². The molecule has 0 amide bonds. The van der Waals surface area contributed by atoms with Crippen molar-refractivity contribution in [3.05, 3.63) is 58.6 Å². The molecular formula is C19H16ClFO4. The van der Waals surface area contributed by atoms with Crippen LogP contribution in [0.3, 0.4) is 0 Å². The summed E-state index contributed by atoms with van der Waals surface area (Å²) in [6, 6.07) is 12.4. The van der Waals surface area contributed by atoms with Gasteiger partial charge in [0, 0.05) is 11.8 Å². The smallest absolute Gasteiger partial charge is 0.344 e. The Balaban J connectivity index is 1.78. The first-order valence-electron chi connectivity index (χ1n) is 7.98. The highest BCUT2D eigenvalue weighted by atomic mass is 35.5. The fourth-order valence-corrected chi connectivity index (χ4v) is 3.88. The lowest BCUT2D eigenvalue weighted by atomic mass is 10.0. The molecule has 2 aromatic rings. The molecule has 0 spiro atoms. The molecule has 0 N–H and O–H groups in total. The van der Waals surface area contributed by atoms with Gasteiger partial charge in [0.1, 0.15) is 13.2 Å². The largest absolute Gasteiger partial charge is 0.486 e. The second-order valence-corrected chi connectivity index (χ2v) is 6.56. The van der Waals surface area contributed by atoms with Gasteiger partial charge in [-0.25, -0.2) is 9.18 Å². The lowest BCUT2D eigenvalue weighted by Crippen LogP contribution is -2.22. The van der Waals surface area contributed by atoms with Crippen molar-refractivity contribution >= 4 is 17.6 Å². The molecule has 4 rings (SSSR count). The van der Waals surface area contributed by atoms with Gasteiger partial charge in [-0.2, -0.15) is 0 Å². The summed E-state index contributed by atoms with van der Waals surface area (Å²) in [4.78, 5) is 12.2. The van der Waals surface area contributed by atoms with E-state index in [-0.39, 0.29) is 0 Å². The average molecular weight is 363 g/mol. The normalized spacial score (nSPS) is 26.8. The summed E-state index contributed by atoms with van der Waals surface area (Å²) in [5.41, 5.74) is -0.786. The van der Waals surface area contributed by atoms with Gasteiger partial charge >= 0.3 is 5.97 Å². The molecule has 4 nitrogen and oxygen atoms in total. The lowest BCUT2D eigenvalue weighted by Gasteiger charge is -2.20. The SMILES string of the molecule is COC(=O)C1(F)[C@H](c2ccccc2)[C@H]1c1cc(Cl)c2c(c1)OCCO2. The second kappa shape index (κ2) is 5.92. The molecule has 25 heavy (non-hydrogen) atoms. The first-order valence-corrected chi connectivity index (χ1v) is 8.36. The van der Waals surface area contributed by atoms with E-state index in [4.69, 9.17) is 25.8 Å². The maximum atomic E-state index is 15.6. The van der Waals surface area contributed by atoms with Crippen molar-refractivity contribution in [1.29, 1.82) is 0 Å². The molecule has 6 heteroatoms. The van der Waals surface area contributed by atoms with E-state index in [9.17, 15) is 4.79 Å². The fraction of sp³-hybridized carbons (Fsp3) is 0.316. The van der Waals surface area contributed by atoms with Gasteiger partial charge in [-0.1, -0.05) is 41.9 Å². The number of carbonyl (C=O) groups is 1. The van der Waals surface area contributed by atoms with Crippen LogP contribution in [0.25, 0.3) is 0 Å². The van der Waals surface area contributed by atoms with Crippen molar-refractivity contribution in [3.8, 4) is 11.5 Å². The summed E-state index contributed by atoms with van der Waals surface area (Å²) in [7, 11) is 1.19. The standard InChI is InChI=1S/C19H16ClFO4/c1-23-18(22)19(21)15(11-5-3-2-4-6-11)16(19)12-9-13(20)17-14(10-12)24-7-8-25-17/h2-6,9-10,15-16H,7-8H2,1H3/t15-,16-,19?/m1/s1. The molecule has 0 radical (unpaired) electrons. The molecule has 1 unspecified atom stereocenters. The summed E-state index contributed by atoms with van der Waals surface area (Å²) >= 11 is 6.28. The van der Waals surface area contributed by atoms with Gasteiger partial charge < -0.3 is 14.2 Å². The molecule has 1 aliphatic carbocycles. The van der Waals surface area contributed by atoms with Crippen molar-refractivity contribution in [3.63, 3.8) is 0 Å².